The Morgan fingerprint density at radius 2 is 2.00 bits per heavy atom. The average molecular weight is 333 g/mol. The standard InChI is InChI=1S/C16H13BrO3/c17-14-4-2-1-3-12(14)10-19-13-7-5-11-6-8-16(18)20-15(11)9-13/h1-5,7,9H,6,8,10H2. The number of esters is 1. The predicted molar refractivity (Wildman–Crippen MR) is 78.9 cm³/mol. The summed E-state index contributed by atoms with van der Waals surface area (Å²) >= 11 is 3.49. The smallest absolute Gasteiger partial charge is 0.311 e. The van der Waals surface area contributed by atoms with Crippen molar-refractivity contribution < 1.29 is 14.3 Å². The zero-order chi connectivity index (χ0) is 13.9. The Morgan fingerprint density at radius 3 is 2.85 bits per heavy atom. The van der Waals surface area contributed by atoms with E-state index in [1.807, 2.05) is 36.4 Å². The van der Waals surface area contributed by atoms with Crippen LogP contribution in [0.15, 0.2) is 46.9 Å². The minimum absolute atomic E-state index is 0.180. The summed E-state index contributed by atoms with van der Waals surface area (Å²) in [6.45, 7) is 0.466. The molecule has 0 unspecified atom stereocenters. The van der Waals surface area contributed by atoms with Crippen LogP contribution in [-0.2, 0) is 17.8 Å². The van der Waals surface area contributed by atoms with E-state index >= 15 is 0 Å². The monoisotopic (exact) mass is 332 g/mol. The van der Waals surface area contributed by atoms with Crippen LogP contribution in [0.3, 0.4) is 0 Å². The van der Waals surface area contributed by atoms with Crippen molar-refractivity contribution in [3.63, 3.8) is 0 Å². The lowest BCUT2D eigenvalue weighted by molar-refractivity contribution is -0.135. The van der Waals surface area contributed by atoms with E-state index in [0.717, 1.165) is 22.0 Å². The summed E-state index contributed by atoms with van der Waals surface area (Å²) in [5.41, 5.74) is 2.13. The number of aryl methyl sites for hydroxylation is 1. The maximum Gasteiger partial charge on any atom is 0.311 e. The minimum Gasteiger partial charge on any atom is -0.489 e. The molecule has 0 saturated carbocycles. The first-order valence-electron chi connectivity index (χ1n) is 6.42. The maximum absolute atomic E-state index is 11.3. The molecule has 0 N–H and O–H groups in total. The number of carbonyl (C=O) groups excluding carboxylic acids is 1. The number of halogens is 1. The van der Waals surface area contributed by atoms with E-state index in [1.54, 1.807) is 6.07 Å². The highest BCUT2D eigenvalue weighted by atomic mass is 79.9. The Balaban J connectivity index is 1.74. The van der Waals surface area contributed by atoms with Crippen molar-refractivity contribution in [3.8, 4) is 11.5 Å². The van der Waals surface area contributed by atoms with Gasteiger partial charge in [-0.15, -0.1) is 0 Å². The van der Waals surface area contributed by atoms with Gasteiger partial charge in [-0.3, -0.25) is 4.79 Å². The second-order valence-corrected chi connectivity index (χ2v) is 5.48. The van der Waals surface area contributed by atoms with Gasteiger partial charge in [-0.1, -0.05) is 40.2 Å². The van der Waals surface area contributed by atoms with E-state index < -0.39 is 0 Å². The Kier molecular flexibility index (Phi) is 3.74. The molecule has 1 aliphatic rings. The van der Waals surface area contributed by atoms with Gasteiger partial charge in [-0.25, -0.2) is 0 Å². The molecule has 2 aromatic carbocycles. The van der Waals surface area contributed by atoms with Crippen LogP contribution in [0.1, 0.15) is 17.5 Å². The zero-order valence-corrected chi connectivity index (χ0v) is 12.4. The molecular formula is C16H13BrO3. The van der Waals surface area contributed by atoms with Crippen molar-refractivity contribution in [2.75, 3.05) is 0 Å². The SMILES string of the molecule is O=C1CCc2ccc(OCc3ccccc3Br)cc2O1. The molecule has 0 aliphatic carbocycles. The van der Waals surface area contributed by atoms with E-state index in [9.17, 15) is 4.79 Å². The summed E-state index contributed by atoms with van der Waals surface area (Å²) < 4.78 is 12.0. The number of rotatable bonds is 3. The first-order valence-corrected chi connectivity index (χ1v) is 7.21. The van der Waals surface area contributed by atoms with Crippen molar-refractivity contribution >= 4 is 21.9 Å². The first kappa shape index (κ1) is 13.2. The van der Waals surface area contributed by atoms with Crippen LogP contribution in [0, 0.1) is 0 Å². The molecule has 102 valence electrons. The Bertz CT molecular complexity index is 652. The highest BCUT2D eigenvalue weighted by Gasteiger charge is 2.17. The molecular weight excluding hydrogens is 320 g/mol. The highest BCUT2D eigenvalue weighted by molar-refractivity contribution is 9.10. The third-order valence-corrected chi connectivity index (χ3v) is 3.99. The summed E-state index contributed by atoms with van der Waals surface area (Å²) in [5.74, 6) is 1.14. The van der Waals surface area contributed by atoms with E-state index in [0.29, 0.717) is 24.5 Å². The van der Waals surface area contributed by atoms with Crippen molar-refractivity contribution in [2.24, 2.45) is 0 Å². The molecule has 0 aromatic heterocycles. The summed E-state index contributed by atoms with van der Waals surface area (Å²) in [4.78, 5) is 11.3. The molecule has 3 nitrogen and oxygen atoms in total. The third-order valence-electron chi connectivity index (χ3n) is 3.21. The molecule has 20 heavy (non-hydrogen) atoms. The van der Waals surface area contributed by atoms with Gasteiger partial charge in [-0.2, -0.15) is 0 Å². The second kappa shape index (κ2) is 5.67. The number of hydrogen-bond donors (Lipinski definition) is 0. The van der Waals surface area contributed by atoms with E-state index in [2.05, 4.69) is 15.9 Å². The van der Waals surface area contributed by atoms with Crippen molar-refractivity contribution in [2.45, 2.75) is 19.4 Å². The molecule has 4 heteroatoms. The quantitative estimate of drug-likeness (QED) is 0.632. The first-order chi connectivity index (χ1) is 9.72. The van der Waals surface area contributed by atoms with Gasteiger partial charge in [-0.05, 0) is 24.1 Å². The number of ether oxygens (including phenoxy) is 2. The lowest BCUT2D eigenvalue weighted by Crippen LogP contribution is -2.15. The number of hydrogen-bond acceptors (Lipinski definition) is 3. The largest absolute Gasteiger partial charge is 0.489 e. The van der Waals surface area contributed by atoms with Gasteiger partial charge in [0.25, 0.3) is 0 Å². The molecule has 0 amide bonds. The van der Waals surface area contributed by atoms with E-state index in [4.69, 9.17) is 9.47 Å². The summed E-state index contributed by atoms with van der Waals surface area (Å²) in [5, 5.41) is 0. The average Bonchev–Trinajstić information content (AvgIpc) is 2.46. The molecule has 1 aliphatic heterocycles. The van der Waals surface area contributed by atoms with Crippen molar-refractivity contribution in [1.29, 1.82) is 0 Å². The summed E-state index contributed by atoms with van der Waals surface area (Å²) in [6.07, 6.45) is 1.18. The van der Waals surface area contributed by atoms with Crippen molar-refractivity contribution in [3.05, 3.63) is 58.1 Å². The summed E-state index contributed by atoms with van der Waals surface area (Å²) in [6, 6.07) is 13.6. The van der Waals surface area contributed by atoms with E-state index in [1.165, 1.54) is 0 Å². The molecule has 2 aromatic rings. The normalized spacial score (nSPS) is 13.6. The van der Waals surface area contributed by atoms with E-state index in [-0.39, 0.29) is 5.97 Å². The fourth-order valence-electron chi connectivity index (χ4n) is 2.11. The van der Waals surface area contributed by atoms with Crippen molar-refractivity contribution in [1.82, 2.24) is 0 Å². The lowest BCUT2D eigenvalue weighted by Gasteiger charge is -2.16. The van der Waals surface area contributed by atoms with Gasteiger partial charge in [0.05, 0.1) is 6.42 Å². The predicted octanol–water partition coefficient (Wildman–Crippen LogP) is 3.88. The zero-order valence-electron chi connectivity index (χ0n) is 10.8. The fraction of sp³-hybridized carbons (Fsp3) is 0.188. The molecule has 0 saturated heterocycles. The molecule has 0 fully saturated rings. The van der Waals surface area contributed by atoms with Crippen LogP contribution in [0.4, 0.5) is 0 Å². The Labute approximate surface area is 125 Å². The Morgan fingerprint density at radius 1 is 1.15 bits per heavy atom. The second-order valence-electron chi connectivity index (χ2n) is 4.62. The molecule has 3 rings (SSSR count). The number of carbonyl (C=O) groups is 1. The summed E-state index contributed by atoms with van der Waals surface area (Å²) in [7, 11) is 0. The Hall–Kier alpha value is -1.81. The minimum atomic E-state index is -0.180. The number of fused-ring (bicyclic) bond motifs is 1. The highest BCUT2D eigenvalue weighted by Crippen LogP contribution is 2.30. The van der Waals surface area contributed by atoms with Gasteiger partial charge in [0.1, 0.15) is 18.1 Å². The fourth-order valence-corrected chi connectivity index (χ4v) is 2.51. The van der Waals surface area contributed by atoms with Gasteiger partial charge < -0.3 is 9.47 Å². The van der Waals surface area contributed by atoms with Gasteiger partial charge in [0.15, 0.2) is 0 Å². The molecule has 1 heterocycles. The van der Waals surface area contributed by atoms with Gasteiger partial charge in [0.2, 0.25) is 0 Å². The third kappa shape index (κ3) is 2.85. The van der Waals surface area contributed by atoms with Crippen LogP contribution < -0.4 is 9.47 Å². The van der Waals surface area contributed by atoms with Crippen LogP contribution in [0.2, 0.25) is 0 Å². The number of benzene rings is 2. The molecule has 0 radical (unpaired) electrons. The maximum atomic E-state index is 11.3. The van der Waals surface area contributed by atoms with Gasteiger partial charge >= 0.3 is 5.97 Å². The van der Waals surface area contributed by atoms with Crippen LogP contribution in [0.5, 0.6) is 11.5 Å². The van der Waals surface area contributed by atoms with Crippen LogP contribution >= 0.6 is 15.9 Å². The molecule has 0 bridgehead atoms. The lowest BCUT2D eigenvalue weighted by atomic mass is 10.1. The van der Waals surface area contributed by atoms with Crippen LogP contribution in [0.25, 0.3) is 0 Å². The topological polar surface area (TPSA) is 35.5 Å². The molecule has 0 atom stereocenters. The van der Waals surface area contributed by atoms with Crippen LogP contribution in [-0.4, -0.2) is 5.97 Å². The molecule has 0 spiro atoms. The van der Waals surface area contributed by atoms with Gasteiger partial charge in [0, 0.05) is 16.1 Å².